The summed E-state index contributed by atoms with van der Waals surface area (Å²) < 4.78 is 27.9. The van der Waals surface area contributed by atoms with E-state index in [1.165, 1.54) is 24.9 Å². The number of nitrogen functional groups attached to an aromatic ring is 1. The van der Waals surface area contributed by atoms with E-state index in [-0.39, 0.29) is 22.7 Å². The zero-order valence-corrected chi connectivity index (χ0v) is 12.9. The minimum atomic E-state index is -3.90. The maximum Gasteiger partial charge on any atom is 0.260 e. The van der Waals surface area contributed by atoms with Crippen molar-refractivity contribution in [3.63, 3.8) is 0 Å². The van der Waals surface area contributed by atoms with E-state index < -0.39 is 16.1 Å². The highest BCUT2D eigenvalue weighted by molar-refractivity contribution is 7.89. The van der Waals surface area contributed by atoms with E-state index in [0.29, 0.717) is 6.54 Å². The molecule has 0 radical (unpaired) electrons. The Bertz CT molecular complexity index is 559. The van der Waals surface area contributed by atoms with Crippen LogP contribution < -0.4 is 15.8 Å². The number of aromatic nitrogens is 2. The summed E-state index contributed by atoms with van der Waals surface area (Å²) in [4.78, 5) is 15.5. The lowest BCUT2D eigenvalue weighted by atomic mass is 10.2. The van der Waals surface area contributed by atoms with Gasteiger partial charge in [0, 0.05) is 13.6 Å². The first-order valence-corrected chi connectivity index (χ1v) is 7.70. The van der Waals surface area contributed by atoms with Crippen molar-refractivity contribution in [1.29, 1.82) is 0 Å². The van der Waals surface area contributed by atoms with Gasteiger partial charge in [-0.1, -0.05) is 13.8 Å². The van der Waals surface area contributed by atoms with Gasteiger partial charge in [0.1, 0.15) is 0 Å². The molecule has 0 saturated heterocycles. The number of anilines is 1. The van der Waals surface area contributed by atoms with Crippen molar-refractivity contribution >= 4 is 21.7 Å². The molecular weight excluding hydrogens is 282 g/mol. The van der Waals surface area contributed by atoms with E-state index in [1.54, 1.807) is 0 Å². The van der Waals surface area contributed by atoms with Crippen LogP contribution >= 0.6 is 0 Å². The van der Waals surface area contributed by atoms with Gasteiger partial charge in [0.05, 0.1) is 12.4 Å². The second-order valence-corrected chi connectivity index (χ2v) is 6.66. The molecule has 1 atom stereocenters. The summed E-state index contributed by atoms with van der Waals surface area (Å²) in [5.74, 6) is -0.201. The Morgan fingerprint density at radius 3 is 2.50 bits per heavy atom. The molecule has 0 bridgehead atoms. The number of amides is 1. The van der Waals surface area contributed by atoms with Crippen molar-refractivity contribution in [2.75, 3.05) is 12.3 Å². The van der Waals surface area contributed by atoms with Crippen LogP contribution in [0.2, 0.25) is 0 Å². The topological polar surface area (TPSA) is 119 Å². The molecule has 0 aliphatic heterocycles. The van der Waals surface area contributed by atoms with Gasteiger partial charge in [-0.15, -0.1) is 0 Å². The number of nitrogens with two attached hydrogens (primary N) is 1. The standard InChI is InChI=1S/C11H21N5O3S/c1-7(2)5-13-10(17)8(3)15-20(18,19)11-9(12)14-6-16(11)4/h6-8,15H,5,12H2,1-4H3,(H,13,17). The summed E-state index contributed by atoms with van der Waals surface area (Å²) in [6, 6.07) is -0.895. The monoisotopic (exact) mass is 303 g/mol. The first-order chi connectivity index (χ1) is 9.15. The average Bonchev–Trinajstić information content (AvgIpc) is 2.65. The Labute approximate surface area is 118 Å². The molecule has 20 heavy (non-hydrogen) atoms. The highest BCUT2D eigenvalue weighted by Gasteiger charge is 2.26. The van der Waals surface area contributed by atoms with Crippen LogP contribution in [-0.2, 0) is 21.9 Å². The van der Waals surface area contributed by atoms with E-state index in [1.807, 2.05) is 13.8 Å². The second kappa shape index (κ2) is 6.23. The molecule has 8 nitrogen and oxygen atoms in total. The molecule has 1 aromatic rings. The summed E-state index contributed by atoms with van der Waals surface area (Å²) >= 11 is 0. The van der Waals surface area contributed by atoms with E-state index >= 15 is 0 Å². The third kappa shape index (κ3) is 3.94. The minimum absolute atomic E-state index is 0.102. The van der Waals surface area contributed by atoms with Crippen molar-refractivity contribution in [3.8, 4) is 0 Å². The number of aryl methyl sites for hydroxylation is 1. The number of carbonyl (C=O) groups is 1. The van der Waals surface area contributed by atoms with Gasteiger partial charge in [-0.2, -0.15) is 4.72 Å². The van der Waals surface area contributed by atoms with Crippen molar-refractivity contribution in [2.24, 2.45) is 13.0 Å². The number of imidazole rings is 1. The van der Waals surface area contributed by atoms with Gasteiger partial charge in [0.15, 0.2) is 10.8 Å². The lowest BCUT2D eigenvalue weighted by molar-refractivity contribution is -0.122. The maximum absolute atomic E-state index is 12.2. The van der Waals surface area contributed by atoms with Gasteiger partial charge >= 0.3 is 0 Å². The van der Waals surface area contributed by atoms with E-state index in [4.69, 9.17) is 5.73 Å². The van der Waals surface area contributed by atoms with Crippen LogP contribution in [0.4, 0.5) is 5.82 Å². The number of rotatable bonds is 6. The van der Waals surface area contributed by atoms with E-state index in [0.717, 1.165) is 0 Å². The molecule has 1 unspecified atom stereocenters. The van der Waals surface area contributed by atoms with Crippen molar-refractivity contribution in [3.05, 3.63) is 6.33 Å². The number of sulfonamides is 1. The Hall–Kier alpha value is -1.61. The SMILES string of the molecule is CC(C)CNC(=O)C(C)NS(=O)(=O)c1c(N)ncn1C. The molecule has 0 spiro atoms. The summed E-state index contributed by atoms with van der Waals surface area (Å²) in [5, 5.41) is 2.51. The van der Waals surface area contributed by atoms with Gasteiger partial charge in [0.2, 0.25) is 5.91 Å². The normalized spacial score (nSPS) is 13.4. The van der Waals surface area contributed by atoms with Crippen molar-refractivity contribution in [1.82, 2.24) is 19.6 Å². The van der Waals surface area contributed by atoms with Gasteiger partial charge in [-0.3, -0.25) is 4.79 Å². The fourth-order valence-electron chi connectivity index (χ4n) is 1.56. The fraction of sp³-hybridized carbons (Fsp3) is 0.636. The van der Waals surface area contributed by atoms with Crippen LogP contribution in [-0.4, -0.2) is 36.5 Å². The number of nitrogens with zero attached hydrogens (tertiary/aromatic N) is 2. The quantitative estimate of drug-likeness (QED) is 0.651. The number of nitrogens with one attached hydrogen (secondary N) is 2. The maximum atomic E-state index is 12.2. The van der Waals surface area contributed by atoms with Crippen LogP contribution in [0.25, 0.3) is 0 Å². The summed E-state index contributed by atoms with van der Waals surface area (Å²) in [7, 11) is -2.38. The van der Waals surface area contributed by atoms with Crippen LogP contribution in [0.1, 0.15) is 20.8 Å². The molecule has 9 heteroatoms. The van der Waals surface area contributed by atoms with Gasteiger partial charge in [0.25, 0.3) is 10.0 Å². The zero-order chi connectivity index (χ0) is 15.5. The van der Waals surface area contributed by atoms with Crippen LogP contribution in [0.3, 0.4) is 0 Å². The molecule has 0 aromatic carbocycles. The van der Waals surface area contributed by atoms with Gasteiger partial charge in [-0.25, -0.2) is 13.4 Å². The highest BCUT2D eigenvalue weighted by atomic mass is 32.2. The van der Waals surface area contributed by atoms with Crippen LogP contribution in [0, 0.1) is 5.92 Å². The van der Waals surface area contributed by atoms with E-state index in [2.05, 4.69) is 15.0 Å². The summed E-state index contributed by atoms with van der Waals surface area (Å²) in [5.41, 5.74) is 5.53. The summed E-state index contributed by atoms with van der Waals surface area (Å²) in [6.07, 6.45) is 1.30. The first-order valence-electron chi connectivity index (χ1n) is 6.22. The molecular formula is C11H21N5O3S. The highest BCUT2D eigenvalue weighted by Crippen LogP contribution is 2.15. The molecule has 1 amide bonds. The average molecular weight is 303 g/mol. The lowest BCUT2D eigenvalue weighted by Crippen LogP contribution is -2.46. The molecule has 0 aliphatic carbocycles. The molecule has 0 fully saturated rings. The first kappa shape index (κ1) is 16.4. The van der Waals surface area contributed by atoms with Gasteiger partial charge < -0.3 is 15.6 Å². The number of hydrogen-bond acceptors (Lipinski definition) is 5. The lowest BCUT2D eigenvalue weighted by Gasteiger charge is -2.15. The Morgan fingerprint density at radius 2 is 2.05 bits per heavy atom. The van der Waals surface area contributed by atoms with Crippen molar-refractivity contribution in [2.45, 2.75) is 31.8 Å². The molecule has 1 rings (SSSR count). The smallest absolute Gasteiger partial charge is 0.260 e. The number of hydrogen-bond donors (Lipinski definition) is 3. The molecule has 0 saturated carbocycles. The molecule has 114 valence electrons. The third-order valence-electron chi connectivity index (χ3n) is 2.57. The van der Waals surface area contributed by atoms with E-state index in [9.17, 15) is 13.2 Å². The third-order valence-corrected chi connectivity index (χ3v) is 4.24. The van der Waals surface area contributed by atoms with Crippen LogP contribution in [0.5, 0.6) is 0 Å². The van der Waals surface area contributed by atoms with Gasteiger partial charge in [-0.05, 0) is 12.8 Å². The second-order valence-electron chi connectivity index (χ2n) is 5.03. The fourth-order valence-corrected chi connectivity index (χ4v) is 3.00. The molecule has 1 heterocycles. The molecule has 0 aliphatic rings. The zero-order valence-electron chi connectivity index (χ0n) is 12.0. The predicted octanol–water partition coefficient (Wildman–Crippen LogP) is -0.559. The van der Waals surface area contributed by atoms with Crippen LogP contribution in [0.15, 0.2) is 11.4 Å². The minimum Gasteiger partial charge on any atom is -0.381 e. The molecule has 1 aromatic heterocycles. The largest absolute Gasteiger partial charge is 0.381 e. The summed E-state index contributed by atoms with van der Waals surface area (Å²) in [6.45, 7) is 5.86. The number of carbonyl (C=O) groups excluding carboxylic acids is 1. The molecule has 4 N–H and O–H groups in total. The Morgan fingerprint density at radius 1 is 1.45 bits per heavy atom. The Kier molecular flexibility index (Phi) is 5.12. The van der Waals surface area contributed by atoms with Crippen molar-refractivity contribution < 1.29 is 13.2 Å². The predicted molar refractivity (Wildman–Crippen MR) is 75.3 cm³/mol. The Balaban J connectivity index is 2.79.